The number of nitrogens with one attached hydrogen (secondary N) is 1. The molecule has 2 rings (SSSR count). The molecule has 0 atom stereocenters. The number of rotatable bonds is 2. The number of nitrogen functional groups attached to an aromatic ring is 1. The van der Waals surface area contributed by atoms with Crippen LogP contribution in [0.15, 0.2) is 24.5 Å². The van der Waals surface area contributed by atoms with E-state index in [4.69, 9.17) is 5.73 Å². The SMILES string of the molecule is Cc1cnc(NC(=O)c2cc(N)ccn2)s1. The molecule has 0 aliphatic rings. The minimum Gasteiger partial charge on any atom is -0.399 e. The summed E-state index contributed by atoms with van der Waals surface area (Å²) in [5.74, 6) is -0.304. The molecule has 0 saturated heterocycles. The number of nitrogens with two attached hydrogens (primary N) is 1. The number of anilines is 2. The van der Waals surface area contributed by atoms with Gasteiger partial charge in [-0.1, -0.05) is 0 Å². The van der Waals surface area contributed by atoms with Gasteiger partial charge in [0, 0.05) is 23.0 Å². The van der Waals surface area contributed by atoms with Gasteiger partial charge in [0.25, 0.3) is 5.91 Å². The molecule has 1 amide bonds. The topological polar surface area (TPSA) is 80.9 Å². The molecule has 82 valence electrons. The Morgan fingerprint density at radius 1 is 1.50 bits per heavy atom. The van der Waals surface area contributed by atoms with Crippen LogP contribution in [0.5, 0.6) is 0 Å². The van der Waals surface area contributed by atoms with Crippen LogP contribution >= 0.6 is 11.3 Å². The number of carbonyl (C=O) groups is 1. The van der Waals surface area contributed by atoms with Gasteiger partial charge in [0.2, 0.25) is 0 Å². The molecule has 0 radical (unpaired) electrons. The van der Waals surface area contributed by atoms with E-state index in [9.17, 15) is 4.79 Å². The molecule has 0 saturated carbocycles. The lowest BCUT2D eigenvalue weighted by atomic mass is 10.3. The molecule has 3 N–H and O–H groups in total. The van der Waals surface area contributed by atoms with Crippen LogP contribution in [0, 0.1) is 6.92 Å². The van der Waals surface area contributed by atoms with Gasteiger partial charge in [-0.2, -0.15) is 0 Å². The van der Waals surface area contributed by atoms with Crippen LogP contribution in [0.25, 0.3) is 0 Å². The predicted molar refractivity (Wildman–Crippen MR) is 63.5 cm³/mol. The van der Waals surface area contributed by atoms with Crippen molar-refractivity contribution in [3.05, 3.63) is 35.1 Å². The van der Waals surface area contributed by atoms with E-state index in [1.54, 1.807) is 12.3 Å². The fourth-order valence-electron chi connectivity index (χ4n) is 1.14. The number of carbonyl (C=O) groups excluding carboxylic acids is 1. The van der Waals surface area contributed by atoms with Crippen LogP contribution in [0.4, 0.5) is 10.8 Å². The third-order valence-electron chi connectivity index (χ3n) is 1.86. The number of hydrogen-bond acceptors (Lipinski definition) is 5. The molecule has 16 heavy (non-hydrogen) atoms. The van der Waals surface area contributed by atoms with Crippen molar-refractivity contribution in [2.75, 3.05) is 11.1 Å². The van der Waals surface area contributed by atoms with E-state index >= 15 is 0 Å². The largest absolute Gasteiger partial charge is 0.399 e. The number of amides is 1. The number of hydrogen-bond donors (Lipinski definition) is 2. The van der Waals surface area contributed by atoms with Crippen molar-refractivity contribution in [3.8, 4) is 0 Å². The van der Waals surface area contributed by atoms with Gasteiger partial charge in [0.15, 0.2) is 5.13 Å². The zero-order valence-electron chi connectivity index (χ0n) is 8.60. The van der Waals surface area contributed by atoms with E-state index in [2.05, 4.69) is 15.3 Å². The van der Waals surface area contributed by atoms with Gasteiger partial charge in [-0.3, -0.25) is 15.1 Å². The van der Waals surface area contributed by atoms with Gasteiger partial charge < -0.3 is 5.73 Å². The molecule has 0 fully saturated rings. The molecule has 0 aromatic carbocycles. The standard InChI is InChI=1S/C10H10N4OS/c1-6-5-13-10(16-6)14-9(15)8-4-7(11)2-3-12-8/h2-5H,1H3,(H2,11,12)(H,13,14,15). The smallest absolute Gasteiger partial charge is 0.276 e. The van der Waals surface area contributed by atoms with Gasteiger partial charge in [-0.15, -0.1) is 11.3 Å². The third kappa shape index (κ3) is 2.34. The van der Waals surface area contributed by atoms with Gasteiger partial charge in [0.05, 0.1) is 0 Å². The molecule has 2 aromatic rings. The lowest BCUT2D eigenvalue weighted by Crippen LogP contribution is -2.13. The van der Waals surface area contributed by atoms with Crippen molar-refractivity contribution in [2.24, 2.45) is 0 Å². The first-order valence-electron chi connectivity index (χ1n) is 4.60. The van der Waals surface area contributed by atoms with Crippen molar-refractivity contribution in [3.63, 3.8) is 0 Å². The summed E-state index contributed by atoms with van der Waals surface area (Å²) in [5, 5.41) is 3.22. The summed E-state index contributed by atoms with van der Waals surface area (Å²) in [4.78, 5) is 20.7. The number of nitrogens with zero attached hydrogens (tertiary/aromatic N) is 2. The second-order valence-electron chi connectivity index (χ2n) is 3.20. The molecule has 0 spiro atoms. The molecular weight excluding hydrogens is 224 g/mol. The zero-order valence-corrected chi connectivity index (χ0v) is 9.41. The molecular formula is C10H10N4OS. The molecule has 6 heteroatoms. The van der Waals surface area contributed by atoms with Gasteiger partial charge in [0.1, 0.15) is 5.69 Å². The Bertz CT molecular complexity index is 523. The van der Waals surface area contributed by atoms with Crippen molar-refractivity contribution >= 4 is 28.1 Å². The Morgan fingerprint density at radius 3 is 2.94 bits per heavy atom. The summed E-state index contributed by atoms with van der Waals surface area (Å²) in [7, 11) is 0. The van der Waals surface area contributed by atoms with Crippen LogP contribution in [0.3, 0.4) is 0 Å². The predicted octanol–water partition coefficient (Wildman–Crippen LogP) is 1.68. The normalized spacial score (nSPS) is 10.1. The Morgan fingerprint density at radius 2 is 2.31 bits per heavy atom. The Labute approximate surface area is 96.3 Å². The van der Waals surface area contributed by atoms with Gasteiger partial charge in [-0.25, -0.2) is 4.98 Å². The van der Waals surface area contributed by atoms with Crippen molar-refractivity contribution < 1.29 is 4.79 Å². The fraction of sp³-hybridized carbons (Fsp3) is 0.100. The summed E-state index contributed by atoms with van der Waals surface area (Å²) >= 11 is 1.41. The Kier molecular flexibility index (Phi) is 2.82. The van der Waals surface area contributed by atoms with E-state index in [-0.39, 0.29) is 11.6 Å². The van der Waals surface area contributed by atoms with E-state index in [1.807, 2.05) is 6.92 Å². The van der Waals surface area contributed by atoms with Crippen molar-refractivity contribution in [2.45, 2.75) is 6.92 Å². The highest BCUT2D eigenvalue weighted by molar-refractivity contribution is 7.15. The maximum atomic E-state index is 11.7. The molecule has 0 aliphatic carbocycles. The first kappa shape index (κ1) is 10.6. The van der Waals surface area contributed by atoms with Crippen LogP contribution in [-0.4, -0.2) is 15.9 Å². The van der Waals surface area contributed by atoms with Crippen molar-refractivity contribution in [1.82, 2.24) is 9.97 Å². The molecule has 2 aromatic heterocycles. The van der Waals surface area contributed by atoms with Crippen molar-refractivity contribution in [1.29, 1.82) is 0 Å². The average Bonchev–Trinajstić information content (AvgIpc) is 2.64. The second-order valence-corrected chi connectivity index (χ2v) is 4.44. The third-order valence-corrected chi connectivity index (χ3v) is 2.69. The first-order valence-corrected chi connectivity index (χ1v) is 5.42. The van der Waals surface area contributed by atoms with E-state index < -0.39 is 0 Å². The number of pyridine rings is 1. The quantitative estimate of drug-likeness (QED) is 0.828. The molecule has 5 nitrogen and oxygen atoms in total. The van der Waals surface area contributed by atoms with E-state index in [1.165, 1.54) is 23.6 Å². The summed E-state index contributed by atoms with van der Waals surface area (Å²) in [5.41, 5.74) is 6.36. The monoisotopic (exact) mass is 234 g/mol. The van der Waals surface area contributed by atoms with E-state index in [0.29, 0.717) is 10.8 Å². The summed E-state index contributed by atoms with van der Waals surface area (Å²) in [6.45, 7) is 1.92. The highest BCUT2D eigenvalue weighted by atomic mass is 32.1. The van der Waals surface area contributed by atoms with E-state index in [0.717, 1.165) is 4.88 Å². The molecule has 0 aliphatic heterocycles. The maximum absolute atomic E-state index is 11.7. The summed E-state index contributed by atoms with van der Waals surface area (Å²) in [6.07, 6.45) is 3.20. The number of aryl methyl sites for hydroxylation is 1. The minimum absolute atomic E-state index is 0.285. The number of thiazole rings is 1. The molecule has 0 bridgehead atoms. The zero-order chi connectivity index (χ0) is 11.5. The lowest BCUT2D eigenvalue weighted by molar-refractivity contribution is 0.102. The highest BCUT2D eigenvalue weighted by Gasteiger charge is 2.09. The molecule has 2 heterocycles. The van der Waals surface area contributed by atoms with Gasteiger partial charge >= 0.3 is 0 Å². The van der Waals surface area contributed by atoms with Crippen LogP contribution < -0.4 is 11.1 Å². The first-order chi connectivity index (χ1) is 7.65. The Balaban J connectivity index is 2.14. The maximum Gasteiger partial charge on any atom is 0.276 e. The average molecular weight is 234 g/mol. The molecule has 0 unspecified atom stereocenters. The minimum atomic E-state index is -0.304. The van der Waals surface area contributed by atoms with Crippen LogP contribution in [0.1, 0.15) is 15.4 Å². The fourth-order valence-corrected chi connectivity index (χ4v) is 1.80. The number of aromatic nitrogens is 2. The van der Waals surface area contributed by atoms with Crippen LogP contribution in [0.2, 0.25) is 0 Å². The second kappa shape index (κ2) is 4.28. The summed E-state index contributed by atoms with van der Waals surface area (Å²) in [6, 6.07) is 3.15. The summed E-state index contributed by atoms with van der Waals surface area (Å²) < 4.78 is 0. The Hall–Kier alpha value is -1.95. The highest BCUT2D eigenvalue weighted by Crippen LogP contribution is 2.17. The lowest BCUT2D eigenvalue weighted by Gasteiger charge is -2.01. The van der Waals surface area contributed by atoms with Crippen LogP contribution in [-0.2, 0) is 0 Å². The van der Waals surface area contributed by atoms with Gasteiger partial charge in [-0.05, 0) is 19.1 Å².